The van der Waals surface area contributed by atoms with E-state index in [1.54, 1.807) is 12.1 Å². The van der Waals surface area contributed by atoms with E-state index in [0.717, 1.165) is 5.56 Å². The number of rotatable bonds is 8. The van der Waals surface area contributed by atoms with E-state index in [9.17, 15) is 14.0 Å². The van der Waals surface area contributed by atoms with Crippen LogP contribution in [0.25, 0.3) is 0 Å². The normalized spacial score (nSPS) is 16.2. The molecule has 2 aromatic rings. The largest absolute Gasteiger partial charge is 0.445 e. The van der Waals surface area contributed by atoms with Crippen molar-refractivity contribution >= 4 is 32.6 Å². The maximum Gasteiger partial charge on any atom is 0.408 e. The fraction of sp³-hybridized carbons (Fsp3) is 0.286. The van der Waals surface area contributed by atoms with Crippen LogP contribution in [0.5, 0.6) is 0 Å². The van der Waals surface area contributed by atoms with Gasteiger partial charge in [0, 0.05) is 12.8 Å². The minimum atomic E-state index is -0.899. The number of alkyl carbamates (subject to hydrolysis) is 1. The van der Waals surface area contributed by atoms with Gasteiger partial charge in [0.15, 0.2) is 6.10 Å². The number of amides is 2. The summed E-state index contributed by atoms with van der Waals surface area (Å²) in [6.45, 7) is 0.316. The lowest BCUT2D eigenvalue weighted by Crippen LogP contribution is -2.49. The molecule has 2 atom stereocenters. The summed E-state index contributed by atoms with van der Waals surface area (Å²) < 4.78 is 19.1. The molecule has 7 nitrogen and oxygen atoms in total. The van der Waals surface area contributed by atoms with Crippen molar-refractivity contribution in [2.45, 2.75) is 31.6 Å². The van der Waals surface area contributed by atoms with Gasteiger partial charge in [0.1, 0.15) is 23.1 Å². The number of carbonyl (C=O) groups is 2. The topological polar surface area (TPSA) is 89.0 Å². The molecule has 0 fully saturated rings. The number of hydrogen-bond donors (Lipinski definition) is 2. The van der Waals surface area contributed by atoms with Gasteiger partial charge < -0.3 is 20.2 Å². The summed E-state index contributed by atoms with van der Waals surface area (Å²) in [7, 11) is 0. The number of halogens is 2. The molecule has 2 N–H and O–H groups in total. The fourth-order valence-corrected chi connectivity index (χ4v) is 3.26. The minimum absolute atomic E-state index is 0.0822. The zero-order valence-electron chi connectivity index (χ0n) is 16.0. The van der Waals surface area contributed by atoms with Gasteiger partial charge >= 0.3 is 6.09 Å². The predicted octanol–water partition coefficient (Wildman–Crippen LogP) is 3.28. The molecule has 0 aromatic heterocycles. The van der Waals surface area contributed by atoms with Gasteiger partial charge in [-0.2, -0.15) is 0 Å². The zero-order valence-corrected chi connectivity index (χ0v) is 17.6. The molecule has 0 spiro atoms. The predicted molar refractivity (Wildman–Crippen MR) is 113 cm³/mol. The van der Waals surface area contributed by atoms with Crippen LogP contribution in [-0.2, 0) is 27.4 Å². The Morgan fingerprint density at radius 1 is 1.17 bits per heavy atom. The number of hydrogen-bond acceptors (Lipinski definition) is 5. The summed E-state index contributed by atoms with van der Waals surface area (Å²) in [5, 5.41) is 9.12. The van der Waals surface area contributed by atoms with Crippen molar-refractivity contribution in [1.29, 1.82) is 0 Å². The smallest absolute Gasteiger partial charge is 0.408 e. The van der Waals surface area contributed by atoms with Crippen molar-refractivity contribution in [2.24, 2.45) is 5.16 Å². The van der Waals surface area contributed by atoms with Gasteiger partial charge in [-0.3, -0.25) is 4.79 Å². The Bertz CT molecular complexity index is 893. The van der Waals surface area contributed by atoms with E-state index in [1.807, 2.05) is 30.3 Å². The third-order valence-electron chi connectivity index (χ3n) is 4.38. The van der Waals surface area contributed by atoms with Crippen LogP contribution < -0.4 is 10.6 Å². The summed E-state index contributed by atoms with van der Waals surface area (Å²) in [4.78, 5) is 30.1. The molecular formula is C21H21BrFN3O4. The van der Waals surface area contributed by atoms with E-state index in [1.165, 1.54) is 12.1 Å². The van der Waals surface area contributed by atoms with Gasteiger partial charge in [0.2, 0.25) is 5.91 Å². The van der Waals surface area contributed by atoms with Gasteiger partial charge in [-0.15, -0.1) is 0 Å². The summed E-state index contributed by atoms with van der Waals surface area (Å²) in [6, 6.07) is 14.1. The Morgan fingerprint density at radius 3 is 2.57 bits per heavy atom. The molecule has 1 aliphatic heterocycles. The lowest BCUT2D eigenvalue weighted by atomic mass is 10.1. The first kappa shape index (κ1) is 21.8. The van der Waals surface area contributed by atoms with E-state index in [2.05, 4.69) is 31.7 Å². The van der Waals surface area contributed by atoms with Crippen LogP contribution in [0.2, 0.25) is 0 Å². The molecule has 0 radical (unpaired) electrons. The first-order valence-electron chi connectivity index (χ1n) is 9.37. The lowest BCUT2D eigenvalue weighted by Gasteiger charge is -2.19. The SMILES string of the molecule is O=C(NC(Cc1ccc(F)cc1)C(=O)NCC1CC(Br)=NO1)OCc1ccccc1. The Labute approximate surface area is 181 Å². The summed E-state index contributed by atoms with van der Waals surface area (Å²) in [5.41, 5.74) is 1.53. The second-order valence-electron chi connectivity index (χ2n) is 6.73. The average Bonchev–Trinajstić information content (AvgIpc) is 3.17. The third-order valence-corrected chi connectivity index (χ3v) is 4.84. The first-order valence-corrected chi connectivity index (χ1v) is 10.2. The second-order valence-corrected chi connectivity index (χ2v) is 7.65. The van der Waals surface area contributed by atoms with Crippen LogP contribution >= 0.6 is 15.9 Å². The van der Waals surface area contributed by atoms with Gasteiger partial charge in [-0.25, -0.2) is 9.18 Å². The van der Waals surface area contributed by atoms with Crippen LogP contribution in [0.1, 0.15) is 17.5 Å². The van der Waals surface area contributed by atoms with Crippen LogP contribution in [0.15, 0.2) is 59.8 Å². The highest BCUT2D eigenvalue weighted by molar-refractivity contribution is 9.18. The third kappa shape index (κ3) is 6.84. The molecule has 0 aliphatic carbocycles. The molecule has 1 heterocycles. The highest BCUT2D eigenvalue weighted by Gasteiger charge is 2.25. The fourth-order valence-electron chi connectivity index (χ4n) is 2.81. The van der Waals surface area contributed by atoms with E-state index in [0.29, 0.717) is 16.6 Å². The Hall–Kier alpha value is -2.94. The quantitative estimate of drug-likeness (QED) is 0.610. The number of benzene rings is 2. The highest BCUT2D eigenvalue weighted by atomic mass is 79.9. The number of nitrogens with zero attached hydrogens (tertiary/aromatic N) is 1. The first-order chi connectivity index (χ1) is 14.5. The van der Waals surface area contributed by atoms with E-state index in [-0.39, 0.29) is 31.5 Å². The molecule has 158 valence electrons. The van der Waals surface area contributed by atoms with Crippen LogP contribution in [0, 0.1) is 5.82 Å². The minimum Gasteiger partial charge on any atom is -0.445 e. The lowest BCUT2D eigenvalue weighted by molar-refractivity contribution is -0.123. The van der Waals surface area contributed by atoms with Crippen molar-refractivity contribution in [3.8, 4) is 0 Å². The Balaban J connectivity index is 1.58. The van der Waals surface area contributed by atoms with Gasteiger partial charge in [-0.1, -0.05) is 47.6 Å². The van der Waals surface area contributed by atoms with E-state index >= 15 is 0 Å². The summed E-state index contributed by atoms with van der Waals surface area (Å²) >= 11 is 3.24. The van der Waals surface area contributed by atoms with Crippen molar-refractivity contribution in [3.63, 3.8) is 0 Å². The average molecular weight is 478 g/mol. The molecule has 2 unspecified atom stereocenters. The van der Waals surface area contributed by atoms with Crippen molar-refractivity contribution in [1.82, 2.24) is 10.6 Å². The summed E-state index contributed by atoms with van der Waals surface area (Å²) in [5.74, 6) is -0.776. The highest BCUT2D eigenvalue weighted by Crippen LogP contribution is 2.13. The van der Waals surface area contributed by atoms with Gasteiger partial charge in [-0.05, 0) is 39.2 Å². The number of carbonyl (C=O) groups excluding carboxylic acids is 2. The molecular weight excluding hydrogens is 457 g/mol. The molecule has 0 saturated heterocycles. The number of oxime groups is 1. The van der Waals surface area contributed by atoms with Crippen molar-refractivity contribution in [2.75, 3.05) is 6.54 Å². The molecule has 2 amide bonds. The molecule has 30 heavy (non-hydrogen) atoms. The second kappa shape index (κ2) is 10.7. The van der Waals surface area contributed by atoms with E-state index in [4.69, 9.17) is 9.57 Å². The zero-order chi connectivity index (χ0) is 21.3. The molecule has 9 heteroatoms. The standard InChI is InChI=1S/C21H21BrFN3O4/c22-19-11-17(30-26-19)12-24-20(27)18(10-14-6-8-16(23)9-7-14)25-21(28)29-13-15-4-2-1-3-5-15/h1-9,17-18H,10-13H2,(H,24,27)(H,25,28). The number of nitrogens with one attached hydrogen (secondary N) is 2. The van der Waals surface area contributed by atoms with Crippen LogP contribution in [0.3, 0.4) is 0 Å². The number of ether oxygens (including phenoxy) is 1. The maximum absolute atomic E-state index is 13.2. The van der Waals surface area contributed by atoms with Crippen LogP contribution in [-0.4, -0.2) is 35.3 Å². The van der Waals surface area contributed by atoms with Crippen LogP contribution in [0.4, 0.5) is 9.18 Å². The van der Waals surface area contributed by atoms with Crippen molar-refractivity contribution < 1.29 is 23.6 Å². The maximum atomic E-state index is 13.2. The van der Waals surface area contributed by atoms with Crippen molar-refractivity contribution in [3.05, 3.63) is 71.5 Å². The Morgan fingerprint density at radius 2 is 1.90 bits per heavy atom. The molecule has 0 bridgehead atoms. The van der Waals surface area contributed by atoms with Gasteiger partial charge in [0.05, 0.1) is 6.54 Å². The van der Waals surface area contributed by atoms with Gasteiger partial charge in [0.25, 0.3) is 0 Å². The molecule has 0 saturated carbocycles. The van der Waals surface area contributed by atoms with E-state index < -0.39 is 18.0 Å². The Kier molecular flexibility index (Phi) is 7.78. The molecule has 1 aliphatic rings. The molecule has 2 aromatic carbocycles. The molecule has 3 rings (SSSR count). The monoisotopic (exact) mass is 477 g/mol. The summed E-state index contributed by atoms with van der Waals surface area (Å²) in [6.07, 6.45) is -0.266.